The highest BCUT2D eigenvalue weighted by atomic mass is 16.5. The first kappa shape index (κ1) is 15.2. The SMILES string of the molecule is CN(CC(=O)O)C(=O)NCCC(=O)N1CCOCC1. The van der Waals surface area contributed by atoms with E-state index < -0.39 is 12.0 Å². The van der Waals surface area contributed by atoms with Crippen LogP contribution in [0, 0.1) is 0 Å². The first-order valence-electron chi connectivity index (χ1n) is 6.07. The van der Waals surface area contributed by atoms with Gasteiger partial charge in [0.05, 0.1) is 13.2 Å². The van der Waals surface area contributed by atoms with Crippen LogP contribution in [0.25, 0.3) is 0 Å². The van der Waals surface area contributed by atoms with Gasteiger partial charge in [0.15, 0.2) is 0 Å². The highest BCUT2D eigenvalue weighted by Crippen LogP contribution is 1.99. The molecule has 1 aliphatic heterocycles. The molecule has 8 heteroatoms. The fraction of sp³-hybridized carbons (Fsp3) is 0.727. The number of morpholine rings is 1. The Morgan fingerprint density at radius 3 is 2.53 bits per heavy atom. The van der Waals surface area contributed by atoms with Crippen LogP contribution in [0.4, 0.5) is 4.79 Å². The molecule has 1 fully saturated rings. The van der Waals surface area contributed by atoms with Gasteiger partial charge in [-0.2, -0.15) is 0 Å². The Morgan fingerprint density at radius 1 is 1.32 bits per heavy atom. The van der Waals surface area contributed by atoms with Crippen molar-refractivity contribution in [2.24, 2.45) is 0 Å². The third-order valence-corrected chi connectivity index (χ3v) is 2.70. The Labute approximate surface area is 111 Å². The van der Waals surface area contributed by atoms with Crippen LogP contribution in [-0.4, -0.2) is 79.3 Å². The zero-order valence-corrected chi connectivity index (χ0v) is 10.9. The second kappa shape index (κ2) is 7.57. The van der Waals surface area contributed by atoms with Gasteiger partial charge in [0.2, 0.25) is 5.91 Å². The Morgan fingerprint density at radius 2 is 1.95 bits per heavy atom. The maximum absolute atomic E-state index is 11.7. The van der Waals surface area contributed by atoms with Crippen molar-refractivity contribution in [3.05, 3.63) is 0 Å². The largest absolute Gasteiger partial charge is 0.480 e. The van der Waals surface area contributed by atoms with Gasteiger partial charge in [0.25, 0.3) is 0 Å². The van der Waals surface area contributed by atoms with E-state index >= 15 is 0 Å². The average molecular weight is 273 g/mol. The molecule has 0 aliphatic carbocycles. The van der Waals surface area contributed by atoms with Gasteiger partial charge in [0.1, 0.15) is 6.54 Å². The number of aliphatic carboxylic acids is 1. The van der Waals surface area contributed by atoms with Gasteiger partial charge in [-0.3, -0.25) is 9.59 Å². The molecule has 0 unspecified atom stereocenters. The minimum atomic E-state index is -1.08. The molecule has 1 heterocycles. The fourth-order valence-corrected chi connectivity index (χ4v) is 1.66. The molecule has 0 aromatic heterocycles. The molecule has 108 valence electrons. The molecule has 0 bridgehead atoms. The van der Waals surface area contributed by atoms with Gasteiger partial charge in [-0.05, 0) is 0 Å². The third-order valence-electron chi connectivity index (χ3n) is 2.70. The number of rotatable bonds is 5. The van der Waals surface area contributed by atoms with Crippen molar-refractivity contribution in [2.75, 3.05) is 46.4 Å². The molecule has 1 aliphatic rings. The number of amides is 3. The van der Waals surface area contributed by atoms with Gasteiger partial charge >= 0.3 is 12.0 Å². The molecule has 2 N–H and O–H groups in total. The minimum Gasteiger partial charge on any atom is -0.480 e. The van der Waals surface area contributed by atoms with E-state index in [0.29, 0.717) is 26.3 Å². The predicted molar refractivity (Wildman–Crippen MR) is 65.7 cm³/mol. The molecular weight excluding hydrogens is 254 g/mol. The van der Waals surface area contributed by atoms with Crippen molar-refractivity contribution < 1.29 is 24.2 Å². The molecule has 3 amide bonds. The molecule has 0 atom stereocenters. The smallest absolute Gasteiger partial charge is 0.323 e. The second-order valence-corrected chi connectivity index (χ2v) is 4.22. The van der Waals surface area contributed by atoms with Gasteiger partial charge in [-0.25, -0.2) is 4.79 Å². The van der Waals surface area contributed by atoms with E-state index in [1.165, 1.54) is 7.05 Å². The standard InChI is InChI=1S/C11H19N3O5/c1-13(8-10(16)17)11(18)12-3-2-9(15)14-4-6-19-7-5-14/h2-8H2,1H3,(H,12,18)(H,16,17). The quantitative estimate of drug-likeness (QED) is 0.666. The number of carbonyl (C=O) groups excluding carboxylic acids is 2. The summed E-state index contributed by atoms with van der Waals surface area (Å²) in [4.78, 5) is 36.3. The highest BCUT2D eigenvalue weighted by Gasteiger charge is 2.17. The van der Waals surface area contributed by atoms with Crippen molar-refractivity contribution in [2.45, 2.75) is 6.42 Å². The Kier molecular flexibility index (Phi) is 6.07. The molecule has 0 aromatic carbocycles. The van der Waals surface area contributed by atoms with Crippen LogP contribution in [-0.2, 0) is 14.3 Å². The van der Waals surface area contributed by atoms with Gasteiger partial charge in [-0.1, -0.05) is 0 Å². The van der Waals surface area contributed by atoms with E-state index in [4.69, 9.17) is 9.84 Å². The summed E-state index contributed by atoms with van der Waals surface area (Å²) in [5.74, 6) is -1.12. The van der Waals surface area contributed by atoms with Crippen molar-refractivity contribution in [1.82, 2.24) is 15.1 Å². The molecule has 0 saturated carbocycles. The van der Waals surface area contributed by atoms with Gasteiger partial charge in [0, 0.05) is 33.1 Å². The van der Waals surface area contributed by atoms with E-state index in [1.54, 1.807) is 4.90 Å². The number of carboxylic acid groups (broad SMARTS) is 1. The summed E-state index contributed by atoms with van der Waals surface area (Å²) in [6.45, 7) is 2.05. The summed E-state index contributed by atoms with van der Waals surface area (Å²) in [7, 11) is 1.38. The number of hydrogen-bond donors (Lipinski definition) is 2. The third kappa shape index (κ3) is 5.56. The molecular formula is C11H19N3O5. The molecule has 0 spiro atoms. The lowest BCUT2D eigenvalue weighted by Crippen LogP contribution is -2.44. The van der Waals surface area contributed by atoms with E-state index in [0.717, 1.165) is 4.90 Å². The normalized spacial score (nSPS) is 14.9. The van der Waals surface area contributed by atoms with Crippen LogP contribution >= 0.6 is 0 Å². The number of hydrogen-bond acceptors (Lipinski definition) is 4. The van der Waals surface area contributed by atoms with E-state index in [1.807, 2.05) is 0 Å². The topological polar surface area (TPSA) is 99.2 Å². The molecule has 1 saturated heterocycles. The van der Waals surface area contributed by atoms with E-state index in [-0.39, 0.29) is 25.4 Å². The van der Waals surface area contributed by atoms with Crippen LogP contribution in [0.15, 0.2) is 0 Å². The average Bonchev–Trinajstić information content (AvgIpc) is 2.38. The maximum atomic E-state index is 11.7. The zero-order chi connectivity index (χ0) is 14.3. The predicted octanol–water partition coefficient (Wildman–Crippen LogP) is -1.04. The first-order valence-corrected chi connectivity index (χ1v) is 6.07. The lowest BCUT2D eigenvalue weighted by atomic mass is 10.3. The lowest BCUT2D eigenvalue weighted by molar-refractivity contribution is -0.137. The van der Waals surface area contributed by atoms with Crippen molar-refractivity contribution in [3.8, 4) is 0 Å². The van der Waals surface area contributed by atoms with Gasteiger partial charge in [-0.15, -0.1) is 0 Å². The number of urea groups is 1. The molecule has 0 aromatic rings. The fourth-order valence-electron chi connectivity index (χ4n) is 1.66. The summed E-state index contributed by atoms with van der Waals surface area (Å²) in [6.07, 6.45) is 0.201. The summed E-state index contributed by atoms with van der Waals surface area (Å²) >= 11 is 0. The van der Waals surface area contributed by atoms with Crippen LogP contribution in [0.1, 0.15) is 6.42 Å². The summed E-state index contributed by atoms with van der Waals surface area (Å²) < 4.78 is 5.14. The van der Waals surface area contributed by atoms with Crippen molar-refractivity contribution in [3.63, 3.8) is 0 Å². The second-order valence-electron chi connectivity index (χ2n) is 4.22. The maximum Gasteiger partial charge on any atom is 0.323 e. The number of carbonyl (C=O) groups is 3. The van der Waals surface area contributed by atoms with Crippen molar-refractivity contribution in [1.29, 1.82) is 0 Å². The molecule has 0 radical (unpaired) electrons. The number of ether oxygens (including phenoxy) is 1. The monoisotopic (exact) mass is 273 g/mol. The first-order chi connectivity index (χ1) is 9.00. The Bertz CT molecular complexity index is 341. The zero-order valence-electron chi connectivity index (χ0n) is 10.9. The molecule has 19 heavy (non-hydrogen) atoms. The molecule has 8 nitrogen and oxygen atoms in total. The highest BCUT2D eigenvalue weighted by molar-refractivity contribution is 5.81. The van der Waals surface area contributed by atoms with Crippen LogP contribution in [0.2, 0.25) is 0 Å². The van der Waals surface area contributed by atoms with Crippen LogP contribution in [0.5, 0.6) is 0 Å². The van der Waals surface area contributed by atoms with Gasteiger partial charge < -0.3 is 25.0 Å². The summed E-state index contributed by atoms with van der Waals surface area (Å²) in [5.41, 5.74) is 0. The number of likely N-dealkylation sites (N-methyl/N-ethyl adjacent to an activating group) is 1. The number of carboxylic acids is 1. The minimum absolute atomic E-state index is 0.0375. The van der Waals surface area contributed by atoms with Crippen LogP contribution < -0.4 is 5.32 Å². The van der Waals surface area contributed by atoms with Crippen molar-refractivity contribution >= 4 is 17.9 Å². The lowest BCUT2D eigenvalue weighted by Gasteiger charge is -2.27. The van der Waals surface area contributed by atoms with Crippen LogP contribution in [0.3, 0.4) is 0 Å². The number of nitrogens with one attached hydrogen (secondary N) is 1. The summed E-state index contributed by atoms with van der Waals surface area (Å²) in [5, 5.41) is 11.0. The van der Waals surface area contributed by atoms with E-state index in [2.05, 4.69) is 5.32 Å². The Balaban J connectivity index is 2.20. The van der Waals surface area contributed by atoms with E-state index in [9.17, 15) is 14.4 Å². The number of nitrogens with zero attached hydrogens (tertiary/aromatic N) is 2. The molecule has 1 rings (SSSR count). The Hall–Kier alpha value is -1.83. The summed E-state index contributed by atoms with van der Waals surface area (Å²) in [6, 6.07) is -0.503.